The zero-order valence-corrected chi connectivity index (χ0v) is 9.83. The van der Waals surface area contributed by atoms with Gasteiger partial charge in [-0.05, 0) is 31.7 Å². The Morgan fingerprint density at radius 3 is 2.93 bits per heavy atom. The Balaban J connectivity index is 2.21. The minimum atomic E-state index is -0.287. The lowest BCUT2D eigenvalue weighted by atomic mass is 10.1. The van der Waals surface area contributed by atoms with Crippen molar-refractivity contribution in [2.45, 2.75) is 39.2 Å². The van der Waals surface area contributed by atoms with Crippen LogP contribution in [0.2, 0.25) is 0 Å². The maximum absolute atomic E-state index is 11.0. The van der Waals surface area contributed by atoms with Crippen molar-refractivity contribution in [2.24, 2.45) is 11.7 Å². The van der Waals surface area contributed by atoms with Gasteiger partial charge in [0, 0.05) is 19.1 Å². The van der Waals surface area contributed by atoms with Gasteiger partial charge in [-0.3, -0.25) is 0 Å². The van der Waals surface area contributed by atoms with Crippen LogP contribution < -0.4 is 11.1 Å². The number of nitrogens with zero attached hydrogens (tertiary/aromatic N) is 1. The molecule has 4 nitrogen and oxygen atoms in total. The fourth-order valence-corrected chi connectivity index (χ4v) is 1.92. The molecule has 2 amide bonds. The second-order valence-corrected chi connectivity index (χ2v) is 4.76. The van der Waals surface area contributed by atoms with Crippen molar-refractivity contribution in [3.05, 3.63) is 0 Å². The van der Waals surface area contributed by atoms with Gasteiger partial charge in [0.15, 0.2) is 0 Å². The number of carbonyl (C=O) groups excluding carboxylic acids is 1. The van der Waals surface area contributed by atoms with Crippen LogP contribution >= 0.6 is 0 Å². The summed E-state index contributed by atoms with van der Waals surface area (Å²) in [5.74, 6) is 0.730. The monoisotopic (exact) mass is 213 g/mol. The van der Waals surface area contributed by atoms with Crippen LogP contribution in [0.3, 0.4) is 0 Å². The van der Waals surface area contributed by atoms with Gasteiger partial charge in [0.1, 0.15) is 0 Å². The molecule has 1 aliphatic heterocycles. The predicted molar refractivity (Wildman–Crippen MR) is 61.6 cm³/mol. The first-order valence-electron chi connectivity index (χ1n) is 5.87. The maximum atomic E-state index is 11.0. The molecule has 0 spiro atoms. The molecule has 4 heteroatoms. The van der Waals surface area contributed by atoms with Crippen molar-refractivity contribution in [3.8, 4) is 0 Å². The highest BCUT2D eigenvalue weighted by molar-refractivity contribution is 5.72. The average molecular weight is 213 g/mol. The van der Waals surface area contributed by atoms with Crippen molar-refractivity contribution < 1.29 is 4.79 Å². The zero-order chi connectivity index (χ0) is 11.3. The quantitative estimate of drug-likeness (QED) is 0.736. The van der Waals surface area contributed by atoms with E-state index in [9.17, 15) is 4.79 Å². The Bertz CT molecular complexity index is 206. The van der Waals surface area contributed by atoms with E-state index in [2.05, 4.69) is 19.2 Å². The van der Waals surface area contributed by atoms with E-state index in [1.807, 2.05) is 0 Å². The van der Waals surface area contributed by atoms with E-state index in [-0.39, 0.29) is 6.03 Å². The molecule has 0 aromatic rings. The molecule has 0 saturated carbocycles. The van der Waals surface area contributed by atoms with Crippen LogP contribution in [0, 0.1) is 5.92 Å². The summed E-state index contributed by atoms with van der Waals surface area (Å²) in [6.45, 7) is 7.07. The summed E-state index contributed by atoms with van der Waals surface area (Å²) < 4.78 is 0. The molecule has 0 radical (unpaired) electrons. The smallest absolute Gasteiger partial charge is 0.314 e. The van der Waals surface area contributed by atoms with Gasteiger partial charge in [0.05, 0.1) is 0 Å². The van der Waals surface area contributed by atoms with Crippen molar-refractivity contribution in [2.75, 3.05) is 19.6 Å². The van der Waals surface area contributed by atoms with Crippen molar-refractivity contribution in [1.29, 1.82) is 0 Å². The van der Waals surface area contributed by atoms with E-state index in [0.717, 1.165) is 38.4 Å². The number of piperidine rings is 1. The van der Waals surface area contributed by atoms with Gasteiger partial charge >= 0.3 is 6.03 Å². The largest absolute Gasteiger partial charge is 0.351 e. The third-order valence-corrected chi connectivity index (χ3v) is 2.89. The Kier molecular flexibility index (Phi) is 4.88. The molecule has 3 N–H and O–H groups in total. The van der Waals surface area contributed by atoms with E-state index in [1.165, 1.54) is 6.42 Å². The predicted octanol–water partition coefficient (Wildman–Crippen LogP) is 1.17. The molecule has 1 unspecified atom stereocenters. The molecular weight excluding hydrogens is 190 g/mol. The molecule has 1 heterocycles. The van der Waals surface area contributed by atoms with Gasteiger partial charge in [-0.1, -0.05) is 13.8 Å². The highest BCUT2D eigenvalue weighted by atomic mass is 16.2. The van der Waals surface area contributed by atoms with Gasteiger partial charge in [0.25, 0.3) is 0 Å². The number of hydrogen-bond acceptors (Lipinski definition) is 2. The lowest BCUT2D eigenvalue weighted by Crippen LogP contribution is -2.49. The number of nitrogens with two attached hydrogens (primary N) is 1. The zero-order valence-electron chi connectivity index (χ0n) is 9.83. The third kappa shape index (κ3) is 4.51. The number of primary amides is 1. The summed E-state index contributed by atoms with van der Waals surface area (Å²) in [6.07, 6.45) is 3.40. The lowest BCUT2D eigenvalue weighted by molar-refractivity contribution is 0.181. The van der Waals surface area contributed by atoms with Crippen LogP contribution in [0.25, 0.3) is 0 Å². The van der Waals surface area contributed by atoms with E-state index >= 15 is 0 Å². The number of hydrogen-bond donors (Lipinski definition) is 2. The molecule has 1 saturated heterocycles. The summed E-state index contributed by atoms with van der Waals surface area (Å²) in [5, 5.41) is 3.49. The summed E-state index contributed by atoms with van der Waals surface area (Å²) >= 11 is 0. The highest BCUT2D eigenvalue weighted by Crippen LogP contribution is 2.10. The normalized spacial score (nSPS) is 22.1. The molecule has 1 atom stereocenters. The van der Waals surface area contributed by atoms with Gasteiger partial charge < -0.3 is 16.0 Å². The summed E-state index contributed by atoms with van der Waals surface area (Å²) in [4.78, 5) is 12.7. The molecular formula is C11H23N3O. The molecule has 0 aromatic carbocycles. The minimum Gasteiger partial charge on any atom is -0.351 e. The standard InChI is InChI=1S/C11H23N3O/c1-9(2)5-6-13-10-4-3-7-14(8-10)11(12)15/h9-10,13H,3-8H2,1-2H3,(H2,12,15). The Labute approximate surface area is 92.2 Å². The van der Waals surface area contributed by atoms with Gasteiger partial charge in [0.2, 0.25) is 0 Å². The number of likely N-dealkylation sites (tertiary alicyclic amines) is 1. The second-order valence-electron chi connectivity index (χ2n) is 4.76. The third-order valence-electron chi connectivity index (χ3n) is 2.89. The van der Waals surface area contributed by atoms with Crippen LogP contribution in [0.15, 0.2) is 0 Å². The highest BCUT2D eigenvalue weighted by Gasteiger charge is 2.21. The maximum Gasteiger partial charge on any atom is 0.314 e. The lowest BCUT2D eigenvalue weighted by Gasteiger charge is -2.32. The van der Waals surface area contributed by atoms with E-state index < -0.39 is 0 Å². The first kappa shape index (κ1) is 12.3. The first-order chi connectivity index (χ1) is 7.09. The molecule has 0 bridgehead atoms. The van der Waals surface area contributed by atoms with Crippen molar-refractivity contribution in [1.82, 2.24) is 10.2 Å². The number of carbonyl (C=O) groups is 1. The molecule has 0 aliphatic carbocycles. The Morgan fingerprint density at radius 2 is 2.33 bits per heavy atom. The number of amides is 2. The van der Waals surface area contributed by atoms with Crippen LogP contribution in [-0.2, 0) is 0 Å². The summed E-state index contributed by atoms with van der Waals surface area (Å²) in [7, 11) is 0. The molecule has 1 rings (SSSR count). The van der Waals surface area contributed by atoms with Crippen LogP contribution in [-0.4, -0.2) is 36.6 Å². The van der Waals surface area contributed by atoms with Gasteiger partial charge in [-0.2, -0.15) is 0 Å². The van der Waals surface area contributed by atoms with Gasteiger partial charge in [-0.15, -0.1) is 0 Å². The molecule has 88 valence electrons. The van der Waals surface area contributed by atoms with E-state index in [0.29, 0.717) is 6.04 Å². The average Bonchev–Trinajstić information content (AvgIpc) is 2.17. The SMILES string of the molecule is CC(C)CCNC1CCCN(C(N)=O)C1. The summed E-state index contributed by atoms with van der Waals surface area (Å²) in [6, 6.07) is 0.148. The molecule has 15 heavy (non-hydrogen) atoms. The fraction of sp³-hybridized carbons (Fsp3) is 0.909. The minimum absolute atomic E-state index is 0.287. The van der Waals surface area contributed by atoms with E-state index in [4.69, 9.17) is 5.73 Å². The topological polar surface area (TPSA) is 58.4 Å². The summed E-state index contributed by atoms with van der Waals surface area (Å²) in [5.41, 5.74) is 5.27. The van der Waals surface area contributed by atoms with Crippen LogP contribution in [0.1, 0.15) is 33.1 Å². The van der Waals surface area contributed by atoms with Crippen molar-refractivity contribution in [3.63, 3.8) is 0 Å². The number of rotatable bonds is 4. The van der Waals surface area contributed by atoms with Gasteiger partial charge in [-0.25, -0.2) is 4.79 Å². The van der Waals surface area contributed by atoms with E-state index in [1.54, 1.807) is 4.90 Å². The Morgan fingerprint density at radius 1 is 1.60 bits per heavy atom. The number of urea groups is 1. The molecule has 0 aromatic heterocycles. The second kappa shape index (κ2) is 5.95. The molecule has 1 aliphatic rings. The van der Waals surface area contributed by atoms with Crippen LogP contribution in [0.5, 0.6) is 0 Å². The Hall–Kier alpha value is -0.770. The number of nitrogens with one attached hydrogen (secondary N) is 1. The van der Waals surface area contributed by atoms with Crippen LogP contribution in [0.4, 0.5) is 4.79 Å². The first-order valence-corrected chi connectivity index (χ1v) is 5.87. The molecule has 1 fully saturated rings. The van der Waals surface area contributed by atoms with Crippen molar-refractivity contribution >= 4 is 6.03 Å². The fourth-order valence-electron chi connectivity index (χ4n) is 1.92.